The number of benzene rings is 3. The molecule has 3 aromatic rings. The van der Waals surface area contributed by atoms with E-state index in [9.17, 15) is 33.0 Å². The lowest BCUT2D eigenvalue weighted by molar-refractivity contribution is -0.140. The Kier molecular flexibility index (Phi) is 14.0. The van der Waals surface area contributed by atoms with Gasteiger partial charge in [0.05, 0.1) is 16.1 Å². The lowest BCUT2D eigenvalue weighted by Crippen LogP contribution is -2.53. The first kappa shape index (κ1) is 40.5. The molecular weight excluding hydrogens is 705 g/mol. The Hall–Kier alpha value is -4.27. The minimum atomic E-state index is -4.03. The molecule has 3 aromatic carbocycles. The Labute approximate surface area is 310 Å². The Bertz CT molecular complexity index is 1830. The van der Waals surface area contributed by atoms with Crippen LogP contribution in [-0.4, -0.2) is 67.4 Å². The Morgan fingerprint density at radius 1 is 1.02 bits per heavy atom. The topological polar surface area (TPSA) is 174 Å². The van der Waals surface area contributed by atoms with Crippen molar-refractivity contribution in [1.29, 1.82) is 0 Å². The molecule has 0 radical (unpaired) electrons. The standard InChI is InChI=1S/C38H50N4O8S2/c1-6-8-17-38(18-9-7-2)24-42(27-13-11-10-12-14-27)30-20-32(51-5)31(21-33(30)52(48,49)41-38)50-23-34(44)39-22-26-15-16-28(43)19-29(26)36(45)40-35(25(3)4)37(46)47/h10-16,19-21,25,35,41,43H,6-9,17-18,22-24H2,1-5H3,(H,39,44)(H,40,45)(H,46,47)/t35-/m0/s1. The van der Waals surface area contributed by atoms with Gasteiger partial charge in [0.25, 0.3) is 11.8 Å². The van der Waals surface area contributed by atoms with Gasteiger partial charge >= 0.3 is 5.97 Å². The minimum absolute atomic E-state index is 0.0122. The smallest absolute Gasteiger partial charge is 0.326 e. The first-order valence-electron chi connectivity index (χ1n) is 17.6. The van der Waals surface area contributed by atoms with Gasteiger partial charge in [-0.25, -0.2) is 17.9 Å². The number of aromatic hydroxyl groups is 1. The van der Waals surface area contributed by atoms with Gasteiger partial charge in [0.1, 0.15) is 22.4 Å². The highest BCUT2D eigenvalue weighted by molar-refractivity contribution is 7.98. The molecule has 4 rings (SSSR count). The van der Waals surface area contributed by atoms with Crippen LogP contribution >= 0.6 is 11.8 Å². The van der Waals surface area contributed by atoms with Crippen LogP contribution < -0.4 is 25.0 Å². The number of rotatable bonds is 17. The van der Waals surface area contributed by atoms with Crippen molar-refractivity contribution < 1.29 is 37.8 Å². The van der Waals surface area contributed by atoms with E-state index in [1.807, 2.05) is 36.6 Å². The molecular formula is C38H50N4O8S2. The Balaban J connectivity index is 1.60. The zero-order chi connectivity index (χ0) is 38.1. The summed E-state index contributed by atoms with van der Waals surface area (Å²) in [4.78, 5) is 40.5. The highest BCUT2D eigenvalue weighted by Gasteiger charge is 2.42. The summed E-state index contributed by atoms with van der Waals surface area (Å²) in [6, 6.07) is 15.9. The van der Waals surface area contributed by atoms with Gasteiger partial charge in [0.15, 0.2) is 6.61 Å². The number of fused-ring (bicyclic) bond motifs is 1. The van der Waals surface area contributed by atoms with Crippen molar-refractivity contribution >= 4 is 50.9 Å². The number of nitrogens with one attached hydrogen (secondary N) is 3. The quantitative estimate of drug-likeness (QED) is 0.0999. The molecule has 14 heteroatoms. The van der Waals surface area contributed by atoms with Gasteiger partial charge in [-0.15, -0.1) is 11.8 Å². The van der Waals surface area contributed by atoms with Crippen molar-refractivity contribution in [1.82, 2.24) is 15.4 Å². The van der Waals surface area contributed by atoms with Crippen molar-refractivity contribution in [2.45, 2.75) is 94.1 Å². The minimum Gasteiger partial charge on any atom is -0.508 e. The normalized spacial score (nSPS) is 15.3. The van der Waals surface area contributed by atoms with Crippen molar-refractivity contribution in [2.24, 2.45) is 5.92 Å². The molecule has 52 heavy (non-hydrogen) atoms. The molecule has 0 fully saturated rings. The zero-order valence-electron chi connectivity index (χ0n) is 30.4. The summed E-state index contributed by atoms with van der Waals surface area (Å²) in [5, 5.41) is 24.7. The molecule has 2 amide bonds. The van der Waals surface area contributed by atoms with E-state index in [4.69, 9.17) is 4.74 Å². The number of phenols is 1. The van der Waals surface area contributed by atoms with Crippen LogP contribution in [0.3, 0.4) is 0 Å². The largest absolute Gasteiger partial charge is 0.508 e. The number of carboxylic acids is 1. The summed E-state index contributed by atoms with van der Waals surface area (Å²) >= 11 is 1.37. The van der Waals surface area contributed by atoms with Gasteiger partial charge in [-0.2, -0.15) is 0 Å². The number of ether oxygens (including phenoxy) is 1. The van der Waals surface area contributed by atoms with Crippen LogP contribution in [0.15, 0.2) is 70.5 Å². The second-order valence-electron chi connectivity index (χ2n) is 13.4. The number of sulfonamides is 1. The number of carbonyl (C=O) groups excluding carboxylic acids is 2. The number of para-hydroxylation sites is 1. The second kappa shape index (κ2) is 18.0. The van der Waals surface area contributed by atoms with Crippen molar-refractivity contribution in [3.05, 3.63) is 71.8 Å². The summed E-state index contributed by atoms with van der Waals surface area (Å²) < 4.78 is 37.6. The molecule has 0 bridgehead atoms. The van der Waals surface area contributed by atoms with E-state index in [1.54, 1.807) is 19.9 Å². The van der Waals surface area contributed by atoms with Crippen LogP contribution in [0, 0.1) is 5.92 Å². The fourth-order valence-corrected chi connectivity index (χ4v) is 8.50. The number of hydrogen-bond donors (Lipinski definition) is 5. The number of aliphatic carboxylic acids is 1. The van der Waals surface area contributed by atoms with Crippen molar-refractivity contribution in [3.63, 3.8) is 0 Å². The third-order valence-corrected chi connectivity index (χ3v) is 11.5. The lowest BCUT2D eigenvalue weighted by atomic mass is 9.87. The number of carboxylic acid groups (broad SMARTS) is 1. The SMILES string of the molecule is CCCCC1(CCCC)CN(c2ccccc2)c2cc(SC)c(OCC(=O)NCc3ccc(O)cc3C(=O)N[C@H](C(=O)O)C(C)C)cc2S(=O)(=O)N1. The summed E-state index contributed by atoms with van der Waals surface area (Å²) in [6.07, 6.45) is 6.79. The molecule has 282 valence electrons. The summed E-state index contributed by atoms with van der Waals surface area (Å²) in [5.74, 6) is -2.81. The van der Waals surface area contributed by atoms with E-state index >= 15 is 0 Å². The van der Waals surface area contributed by atoms with Gasteiger partial charge in [-0.05, 0) is 60.9 Å². The summed E-state index contributed by atoms with van der Waals surface area (Å²) in [7, 11) is -4.03. The van der Waals surface area contributed by atoms with E-state index < -0.39 is 51.9 Å². The maximum Gasteiger partial charge on any atom is 0.326 e. The fraction of sp³-hybridized carbons (Fsp3) is 0.447. The zero-order valence-corrected chi connectivity index (χ0v) is 32.0. The number of amides is 2. The van der Waals surface area contributed by atoms with Crippen LogP contribution in [0.25, 0.3) is 0 Å². The molecule has 1 aliphatic heterocycles. The van der Waals surface area contributed by atoms with Gasteiger partial charge in [-0.1, -0.05) is 77.6 Å². The Morgan fingerprint density at radius 3 is 2.29 bits per heavy atom. The third kappa shape index (κ3) is 9.98. The molecule has 0 unspecified atom stereocenters. The highest BCUT2D eigenvalue weighted by atomic mass is 32.2. The van der Waals surface area contributed by atoms with Gasteiger partial charge in [0, 0.05) is 30.4 Å². The van der Waals surface area contributed by atoms with Gasteiger partial charge in [-0.3, -0.25) is 9.59 Å². The van der Waals surface area contributed by atoms with E-state index in [1.165, 1.54) is 36.0 Å². The van der Waals surface area contributed by atoms with E-state index in [2.05, 4.69) is 34.1 Å². The molecule has 5 N–H and O–H groups in total. The molecule has 1 heterocycles. The highest BCUT2D eigenvalue weighted by Crippen LogP contribution is 2.44. The predicted octanol–water partition coefficient (Wildman–Crippen LogP) is 6.20. The maximum absolute atomic E-state index is 14.3. The first-order chi connectivity index (χ1) is 24.7. The van der Waals surface area contributed by atoms with Crippen LogP contribution in [0.1, 0.15) is 82.1 Å². The number of unbranched alkanes of at least 4 members (excludes halogenated alkanes) is 2. The molecule has 0 spiro atoms. The van der Waals surface area contributed by atoms with Crippen molar-refractivity contribution in [2.75, 3.05) is 24.3 Å². The molecule has 1 atom stereocenters. The summed E-state index contributed by atoms with van der Waals surface area (Å²) in [5.41, 5.74) is 1.05. The maximum atomic E-state index is 14.3. The number of phenolic OH excluding ortho intramolecular Hbond substituents is 1. The number of thioether (sulfide) groups is 1. The predicted molar refractivity (Wildman–Crippen MR) is 203 cm³/mol. The Morgan fingerprint density at radius 2 is 1.69 bits per heavy atom. The molecule has 1 aliphatic rings. The van der Waals surface area contributed by atoms with Crippen LogP contribution in [-0.2, 0) is 26.2 Å². The van der Waals surface area contributed by atoms with Crippen LogP contribution in [0.4, 0.5) is 11.4 Å². The summed E-state index contributed by atoms with van der Waals surface area (Å²) in [6.45, 7) is 7.39. The average Bonchev–Trinajstić information content (AvgIpc) is 3.21. The van der Waals surface area contributed by atoms with Gasteiger partial charge in [0.2, 0.25) is 10.0 Å². The van der Waals surface area contributed by atoms with E-state index in [-0.39, 0.29) is 28.5 Å². The average molecular weight is 755 g/mol. The van der Waals surface area contributed by atoms with E-state index in [0.717, 1.165) is 31.4 Å². The van der Waals surface area contributed by atoms with E-state index in [0.29, 0.717) is 35.5 Å². The number of anilines is 2. The lowest BCUT2D eigenvalue weighted by Gasteiger charge is -2.37. The molecule has 0 aliphatic carbocycles. The molecule has 0 saturated heterocycles. The second-order valence-corrected chi connectivity index (χ2v) is 15.9. The first-order valence-corrected chi connectivity index (χ1v) is 20.3. The number of hydrogen-bond acceptors (Lipinski definition) is 9. The third-order valence-electron chi connectivity index (χ3n) is 9.11. The van der Waals surface area contributed by atoms with Gasteiger partial charge < -0.3 is 30.5 Å². The van der Waals surface area contributed by atoms with Crippen molar-refractivity contribution in [3.8, 4) is 11.5 Å². The molecule has 12 nitrogen and oxygen atoms in total. The fourth-order valence-electron chi connectivity index (χ4n) is 6.29. The van der Waals surface area contributed by atoms with Crippen LogP contribution in [0.5, 0.6) is 11.5 Å². The monoisotopic (exact) mass is 754 g/mol. The van der Waals surface area contributed by atoms with Crippen LogP contribution in [0.2, 0.25) is 0 Å². The number of carbonyl (C=O) groups is 3. The number of nitrogens with zero attached hydrogens (tertiary/aromatic N) is 1. The molecule has 0 saturated carbocycles. The molecule has 0 aromatic heterocycles.